The van der Waals surface area contributed by atoms with Crippen LogP contribution < -0.4 is 5.73 Å². The zero-order valence-electron chi connectivity index (χ0n) is 8.96. The molecule has 0 atom stereocenters. The minimum Gasteiger partial charge on any atom is -0.325 e. The molecule has 1 aromatic rings. The number of sulfonamides is 1. The van der Waals surface area contributed by atoms with E-state index in [-0.39, 0.29) is 5.75 Å². The second kappa shape index (κ2) is 4.48. The van der Waals surface area contributed by atoms with E-state index in [2.05, 4.69) is 4.98 Å². The molecule has 0 bridgehead atoms. The van der Waals surface area contributed by atoms with Crippen molar-refractivity contribution >= 4 is 10.0 Å². The number of nitrogens with zero attached hydrogens (tertiary/aromatic N) is 2. The molecule has 1 aliphatic heterocycles. The number of nitrogens with two attached hydrogens (primary N) is 1. The molecule has 0 spiro atoms. The molecule has 5 nitrogen and oxygen atoms in total. The fourth-order valence-corrected chi connectivity index (χ4v) is 3.35. The first kappa shape index (κ1) is 11.5. The molecule has 2 rings (SSSR count). The van der Waals surface area contributed by atoms with Crippen LogP contribution in [0.15, 0.2) is 18.3 Å². The van der Waals surface area contributed by atoms with Crippen LogP contribution in [0.2, 0.25) is 0 Å². The molecule has 0 radical (unpaired) electrons. The van der Waals surface area contributed by atoms with Crippen molar-refractivity contribution in [3.63, 3.8) is 0 Å². The predicted octanol–water partition coefficient (Wildman–Crippen LogP) is 0.0758. The van der Waals surface area contributed by atoms with Crippen molar-refractivity contribution in [2.24, 2.45) is 5.73 Å². The lowest BCUT2D eigenvalue weighted by Crippen LogP contribution is -2.26. The highest BCUT2D eigenvalue weighted by Gasteiger charge is 2.28. The smallest absolute Gasteiger partial charge is 0.214 e. The highest BCUT2D eigenvalue weighted by atomic mass is 32.2. The summed E-state index contributed by atoms with van der Waals surface area (Å²) in [6, 6.07) is 3.68. The Morgan fingerprint density at radius 2 is 2.31 bits per heavy atom. The summed E-state index contributed by atoms with van der Waals surface area (Å²) in [7, 11) is -3.05. The molecule has 1 saturated heterocycles. The monoisotopic (exact) mass is 241 g/mol. The van der Waals surface area contributed by atoms with Gasteiger partial charge < -0.3 is 5.73 Å². The van der Waals surface area contributed by atoms with Gasteiger partial charge in [-0.3, -0.25) is 4.98 Å². The first-order chi connectivity index (χ1) is 7.63. The van der Waals surface area contributed by atoms with E-state index in [4.69, 9.17) is 5.73 Å². The molecule has 1 aromatic heterocycles. The number of pyridine rings is 1. The maximum absolute atomic E-state index is 11.6. The normalized spacial score (nSPS) is 20.1. The number of aromatic nitrogens is 1. The van der Waals surface area contributed by atoms with Crippen molar-refractivity contribution in [1.82, 2.24) is 9.29 Å². The Kier molecular flexibility index (Phi) is 3.22. The maximum atomic E-state index is 11.6. The van der Waals surface area contributed by atoms with Gasteiger partial charge in [-0.2, -0.15) is 4.31 Å². The third-order valence-corrected chi connectivity index (χ3v) is 4.63. The highest BCUT2D eigenvalue weighted by Crippen LogP contribution is 2.18. The van der Waals surface area contributed by atoms with E-state index >= 15 is 0 Å². The van der Waals surface area contributed by atoms with Gasteiger partial charge in [0.15, 0.2) is 0 Å². The lowest BCUT2D eigenvalue weighted by atomic mass is 10.2. The summed E-state index contributed by atoms with van der Waals surface area (Å²) in [6.45, 7) is 1.33. The average molecular weight is 241 g/mol. The molecular weight excluding hydrogens is 226 g/mol. The van der Waals surface area contributed by atoms with Gasteiger partial charge in [-0.15, -0.1) is 0 Å². The zero-order chi connectivity index (χ0) is 11.6. The SMILES string of the molecule is NCc1ncccc1CN1CCCS1(=O)=O. The molecule has 2 heterocycles. The van der Waals surface area contributed by atoms with Gasteiger partial charge in [0.25, 0.3) is 0 Å². The molecule has 1 aliphatic rings. The molecular formula is C10H15N3O2S. The lowest BCUT2D eigenvalue weighted by Gasteiger charge is -2.15. The molecule has 6 heteroatoms. The Labute approximate surface area is 95.3 Å². The van der Waals surface area contributed by atoms with E-state index in [1.54, 1.807) is 12.3 Å². The highest BCUT2D eigenvalue weighted by molar-refractivity contribution is 7.89. The van der Waals surface area contributed by atoms with Gasteiger partial charge in [0.2, 0.25) is 10.0 Å². The van der Waals surface area contributed by atoms with E-state index in [0.29, 0.717) is 26.1 Å². The van der Waals surface area contributed by atoms with Gasteiger partial charge in [0.1, 0.15) is 0 Å². The molecule has 0 amide bonds. The minimum absolute atomic E-state index is 0.255. The van der Waals surface area contributed by atoms with Crippen LogP contribution in [-0.2, 0) is 23.1 Å². The van der Waals surface area contributed by atoms with E-state index in [9.17, 15) is 8.42 Å². The van der Waals surface area contributed by atoms with Crippen molar-refractivity contribution < 1.29 is 8.42 Å². The Hall–Kier alpha value is -0.980. The van der Waals surface area contributed by atoms with Crippen molar-refractivity contribution in [2.45, 2.75) is 19.5 Å². The third-order valence-electron chi connectivity index (χ3n) is 2.73. The Balaban J connectivity index is 2.21. The molecule has 0 aromatic carbocycles. The Bertz CT molecular complexity index is 473. The van der Waals surface area contributed by atoms with Gasteiger partial charge >= 0.3 is 0 Å². The molecule has 1 fully saturated rings. The fourth-order valence-electron chi connectivity index (χ4n) is 1.86. The molecule has 16 heavy (non-hydrogen) atoms. The minimum atomic E-state index is -3.05. The van der Waals surface area contributed by atoms with Crippen molar-refractivity contribution in [3.05, 3.63) is 29.6 Å². The molecule has 0 aliphatic carbocycles. The van der Waals surface area contributed by atoms with Crippen molar-refractivity contribution in [1.29, 1.82) is 0 Å². The zero-order valence-corrected chi connectivity index (χ0v) is 9.78. The largest absolute Gasteiger partial charge is 0.325 e. The maximum Gasteiger partial charge on any atom is 0.214 e. The Morgan fingerprint density at radius 1 is 1.50 bits per heavy atom. The van der Waals surface area contributed by atoms with Crippen LogP contribution in [-0.4, -0.2) is 30.0 Å². The third kappa shape index (κ3) is 2.23. The lowest BCUT2D eigenvalue weighted by molar-refractivity contribution is 0.437. The topological polar surface area (TPSA) is 76.3 Å². The summed E-state index contributed by atoms with van der Waals surface area (Å²) in [5.41, 5.74) is 7.23. The van der Waals surface area contributed by atoms with E-state index in [1.807, 2.05) is 6.07 Å². The first-order valence-corrected chi connectivity index (χ1v) is 6.85. The molecule has 2 N–H and O–H groups in total. The van der Waals surface area contributed by atoms with E-state index in [0.717, 1.165) is 11.3 Å². The number of rotatable bonds is 3. The van der Waals surface area contributed by atoms with Crippen molar-refractivity contribution in [3.8, 4) is 0 Å². The number of hydrogen-bond donors (Lipinski definition) is 1. The van der Waals surface area contributed by atoms with E-state index < -0.39 is 10.0 Å². The van der Waals surface area contributed by atoms with Gasteiger partial charge in [0, 0.05) is 25.8 Å². The van der Waals surface area contributed by atoms with Crippen LogP contribution in [0.1, 0.15) is 17.7 Å². The summed E-state index contributed by atoms with van der Waals surface area (Å²) in [6.07, 6.45) is 2.38. The van der Waals surface area contributed by atoms with Gasteiger partial charge in [-0.25, -0.2) is 8.42 Å². The van der Waals surface area contributed by atoms with Gasteiger partial charge in [-0.05, 0) is 18.1 Å². The summed E-state index contributed by atoms with van der Waals surface area (Å²) < 4.78 is 24.8. The summed E-state index contributed by atoms with van der Waals surface area (Å²) >= 11 is 0. The van der Waals surface area contributed by atoms with Crippen LogP contribution in [0.3, 0.4) is 0 Å². The van der Waals surface area contributed by atoms with Gasteiger partial charge in [-0.1, -0.05) is 6.07 Å². The average Bonchev–Trinajstić information content (AvgIpc) is 2.59. The quantitative estimate of drug-likeness (QED) is 0.813. The number of hydrogen-bond acceptors (Lipinski definition) is 4. The van der Waals surface area contributed by atoms with Crippen LogP contribution >= 0.6 is 0 Å². The molecule has 0 saturated carbocycles. The van der Waals surface area contributed by atoms with Crippen LogP contribution in [0, 0.1) is 0 Å². The fraction of sp³-hybridized carbons (Fsp3) is 0.500. The van der Waals surface area contributed by atoms with Gasteiger partial charge in [0.05, 0.1) is 11.4 Å². The van der Waals surface area contributed by atoms with Crippen molar-refractivity contribution in [2.75, 3.05) is 12.3 Å². The first-order valence-electron chi connectivity index (χ1n) is 5.24. The second-order valence-electron chi connectivity index (χ2n) is 3.82. The standard InChI is InChI=1S/C10H15N3O2S/c11-7-10-9(3-1-4-12-10)8-13-5-2-6-16(13,14)15/h1,3-4H,2,5-8,11H2. The second-order valence-corrected chi connectivity index (χ2v) is 5.90. The summed E-state index contributed by atoms with van der Waals surface area (Å²) in [5.74, 6) is 0.255. The van der Waals surface area contributed by atoms with Crippen LogP contribution in [0.25, 0.3) is 0 Å². The summed E-state index contributed by atoms with van der Waals surface area (Å²) in [4.78, 5) is 4.14. The van der Waals surface area contributed by atoms with Crippen LogP contribution in [0.4, 0.5) is 0 Å². The summed E-state index contributed by atoms with van der Waals surface area (Å²) in [5, 5.41) is 0. The Morgan fingerprint density at radius 3 is 2.94 bits per heavy atom. The van der Waals surface area contributed by atoms with Crippen LogP contribution in [0.5, 0.6) is 0 Å². The molecule has 88 valence electrons. The molecule has 0 unspecified atom stereocenters. The van der Waals surface area contributed by atoms with E-state index in [1.165, 1.54) is 4.31 Å². The predicted molar refractivity (Wildman–Crippen MR) is 60.9 cm³/mol.